The van der Waals surface area contributed by atoms with Crippen LogP contribution in [0.25, 0.3) is 0 Å². The molecule has 0 unspecified atom stereocenters. The van der Waals surface area contributed by atoms with Crippen molar-refractivity contribution in [1.82, 2.24) is 10.7 Å². The molecule has 0 saturated heterocycles. The molecule has 1 fully saturated rings. The maximum atomic E-state index is 8.71. The lowest BCUT2D eigenvalue weighted by atomic mass is 9.96. The Balaban J connectivity index is 1.77. The summed E-state index contributed by atoms with van der Waals surface area (Å²) >= 11 is 5.21. The first kappa shape index (κ1) is 14.5. The maximum absolute atomic E-state index is 8.71. The number of nitrogens with one attached hydrogen (secondary N) is 2. The smallest absolute Gasteiger partial charge is 0.187 e. The summed E-state index contributed by atoms with van der Waals surface area (Å²) in [4.78, 5) is 0. The highest BCUT2D eigenvalue weighted by Gasteiger charge is 2.13. The molecule has 0 heterocycles. The molecule has 5 heteroatoms. The summed E-state index contributed by atoms with van der Waals surface area (Å²) in [6.07, 6.45) is 7.93. The molecule has 4 nitrogen and oxygen atoms in total. The summed E-state index contributed by atoms with van der Waals surface area (Å²) in [6.45, 7) is 0. The fraction of sp³-hybridized carbons (Fsp3) is 0.400. The summed E-state index contributed by atoms with van der Waals surface area (Å²) < 4.78 is 0. The monoisotopic (exact) mass is 286 g/mol. The lowest BCUT2D eigenvalue weighted by Gasteiger charge is -2.23. The molecule has 2 N–H and O–H groups in total. The van der Waals surface area contributed by atoms with Gasteiger partial charge in [-0.15, -0.1) is 0 Å². The number of hydrazone groups is 1. The molecule has 0 atom stereocenters. The normalized spacial score (nSPS) is 15.8. The van der Waals surface area contributed by atoms with E-state index in [1.54, 1.807) is 18.3 Å². The van der Waals surface area contributed by atoms with Crippen LogP contribution >= 0.6 is 12.2 Å². The van der Waals surface area contributed by atoms with Gasteiger partial charge in [0.1, 0.15) is 0 Å². The minimum atomic E-state index is 0.480. The van der Waals surface area contributed by atoms with Gasteiger partial charge in [-0.2, -0.15) is 10.4 Å². The molecule has 2 rings (SSSR count). The predicted molar refractivity (Wildman–Crippen MR) is 84.5 cm³/mol. The van der Waals surface area contributed by atoms with E-state index in [4.69, 9.17) is 17.5 Å². The molecular formula is C15H18N4S. The van der Waals surface area contributed by atoms with Gasteiger partial charge in [0.25, 0.3) is 0 Å². The number of hydrogen-bond acceptors (Lipinski definition) is 3. The van der Waals surface area contributed by atoms with Gasteiger partial charge in [0.05, 0.1) is 17.8 Å². The van der Waals surface area contributed by atoms with E-state index < -0.39 is 0 Å². The molecule has 1 saturated carbocycles. The van der Waals surface area contributed by atoms with E-state index in [0.29, 0.717) is 16.7 Å². The van der Waals surface area contributed by atoms with E-state index in [1.165, 1.54) is 32.1 Å². The first-order valence-electron chi connectivity index (χ1n) is 6.87. The molecule has 0 radical (unpaired) electrons. The Labute approximate surface area is 124 Å². The predicted octanol–water partition coefficient (Wildman–Crippen LogP) is 2.69. The first-order valence-corrected chi connectivity index (χ1v) is 7.28. The van der Waals surface area contributed by atoms with Crippen LogP contribution < -0.4 is 10.7 Å². The topological polar surface area (TPSA) is 60.2 Å². The second-order valence-corrected chi connectivity index (χ2v) is 5.32. The molecule has 20 heavy (non-hydrogen) atoms. The fourth-order valence-electron chi connectivity index (χ4n) is 2.27. The third-order valence-corrected chi connectivity index (χ3v) is 3.57. The molecule has 0 aliphatic heterocycles. The Bertz CT molecular complexity index is 510. The van der Waals surface area contributed by atoms with Crippen LogP contribution in [-0.4, -0.2) is 17.4 Å². The zero-order valence-electron chi connectivity index (χ0n) is 11.3. The molecule has 0 bridgehead atoms. The van der Waals surface area contributed by atoms with E-state index in [1.807, 2.05) is 12.1 Å². The highest BCUT2D eigenvalue weighted by atomic mass is 32.1. The molecular weight excluding hydrogens is 268 g/mol. The molecule has 1 aromatic rings. The van der Waals surface area contributed by atoms with Crippen molar-refractivity contribution in [2.45, 2.75) is 38.1 Å². The van der Waals surface area contributed by atoms with Crippen LogP contribution in [0.5, 0.6) is 0 Å². The Morgan fingerprint density at radius 3 is 2.60 bits per heavy atom. The quantitative estimate of drug-likeness (QED) is 0.509. The van der Waals surface area contributed by atoms with E-state index in [2.05, 4.69) is 21.9 Å². The van der Waals surface area contributed by atoms with Crippen molar-refractivity contribution in [1.29, 1.82) is 5.26 Å². The number of hydrogen-bond donors (Lipinski definition) is 2. The molecule has 1 aliphatic carbocycles. The minimum absolute atomic E-state index is 0.480. The van der Waals surface area contributed by atoms with Crippen LogP contribution in [0.15, 0.2) is 29.4 Å². The van der Waals surface area contributed by atoms with Crippen molar-refractivity contribution >= 4 is 23.5 Å². The van der Waals surface area contributed by atoms with Gasteiger partial charge >= 0.3 is 0 Å². The number of thiocarbonyl (C=S) groups is 1. The van der Waals surface area contributed by atoms with E-state index in [9.17, 15) is 0 Å². The SMILES string of the molecule is N#Cc1ccc(/C=N/NC(=S)NC2CCCCC2)cc1. The lowest BCUT2D eigenvalue weighted by Crippen LogP contribution is -2.40. The molecule has 1 aliphatic rings. The summed E-state index contributed by atoms with van der Waals surface area (Å²) in [5.41, 5.74) is 4.40. The second-order valence-electron chi connectivity index (χ2n) is 4.91. The highest BCUT2D eigenvalue weighted by Crippen LogP contribution is 2.17. The van der Waals surface area contributed by atoms with E-state index >= 15 is 0 Å². The van der Waals surface area contributed by atoms with Gasteiger partial charge in [-0.1, -0.05) is 31.4 Å². The van der Waals surface area contributed by atoms with Gasteiger partial charge in [-0.05, 0) is 42.8 Å². The van der Waals surface area contributed by atoms with Crippen molar-refractivity contribution in [3.05, 3.63) is 35.4 Å². The Morgan fingerprint density at radius 1 is 1.25 bits per heavy atom. The van der Waals surface area contributed by atoms with Crippen LogP contribution in [0.2, 0.25) is 0 Å². The second kappa shape index (κ2) is 7.61. The van der Waals surface area contributed by atoms with E-state index in [0.717, 1.165) is 5.56 Å². The van der Waals surface area contributed by atoms with Crippen molar-refractivity contribution in [2.75, 3.05) is 0 Å². The van der Waals surface area contributed by atoms with Gasteiger partial charge in [0, 0.05) is 6.04 Å². The minimum Gasteiger partial charge on any atom is -0.359 e. The zero-order chi connectivity index (χ0) is 14.2. The lowest BCUT2D eigenvalue weighted by molar-refractivity contribution is 0.412. The van der Waals surface area contributed by atoms with Gasteiger partial charge < -0.3 is 5.32 Å². The van der Waals surface area contributed by atoms with Gasteiger partial charge in [-0.3, -0.25) is 5.43 Å². The van der Waals surface area contributed by atoms with Gasteiger partial charge in [0.15, 0.2) is 5.11 Å². The molecule has 0 amide bonds. The Morgan fingerprint density at radius 2 is 1.95 bits per heavy atom. The fourth-order valence-corrected chi connectivity index (χ4v) is 2.49. The molecule has 0 spiro atoms. The average Bonchev–Trinajstić information content (AvgIpc) is 2.49. The van der Waals surface area contributed by atoms with Crippen LogP contribution in [0.1, 0.15) is 43.2 Å². The molecule has 104 valence electrons. The zero-order valence-corrected chi connectivity index (χ0v) is 12.1. The molecule has 0 aromatic heterocycles. The Kier molecular flexibility index (Phi) is 5.51. The standard InChI is InChI=1S/C15H18N4S/c16-10-12-6-8-13(9-7-12)11-17-19-15(20)18-14-4-2-1-3-5-14/h6-9,11,14H,1-5H2,(H2,18,19,20)/b17-11+. The summed E-state index contributed by atoms with van der Waals surface area (Å²) in [7, 11) is 0. The average molecular weight is 286 g/mol. The summed E-state index contributed by atoms with van der Waals surface area (Å²) in [5.74, 6) is 0. The molecule has 1 aromatic carbocycles. The largest absolute Gasteiger partial charge is 0.359 e. The van der Waals surface area contributed by atoms with Gasteiger partial charge in [-0.25, -0.2) is 0 Å². The number of nitriles is 1. The van der Waals surface area contributed by atoms with Gasteiger partial charge in [0.2, 0.25) is 0 Å². The third-order valence-electron chi connectivity index (χ3n) is 3.36. The van der Waals surface area contributed by atoms with Crippen molar-refractivity contribution < 1.29 is 0 Å². The first-order chi connectivity index (χ1) is 9.78. The van der Waals surface area contributed by atoms with Crippen LogP contribution in [0.3, 0.4) is 0 Å². The highest BCUT2D eigenvalue weighted by molar-refractivity contribution is 7.80. The number of nitrogens with zero attached hydrogens (tertiary/aromatic N) is 2. The third kappa shape index (κ3) is 4.63. The maximum Gasteiger partial charge on any atom is 0.187 e. The van der Waals surface area contributed by atoms with Crippen molar-refractivity contribution in [2.24, 2.45) is 5.10 Å². The summed E-state index contributed by atoms with van der Waals surface area (Å²) in [5, 5.41) is 16.7. The van der Waals surface area contributed by atoms with E-state index in [-0.39, 0.29) is 0 Å². The van der Waals surface area contributed by atoms with Crippen LogP contribution in [0.4, 0.5) is 0 Å². The number of rotatable bonds is 3. The Hall–Kier alpha value is -1.93. The summed E-state index contributed by atoms with van der Waals surface area (Å²) in [6, 6.07) is 9.79. The van der Waals surface area contributed by atoms with Crippen LogP contribution in [0, 0.1) is 11.3 Å². The van der Waals surface area contributed by atoms with Crippen molar-refractivity contribution in [3.63, 3.8) is 0 Å². The van der Waals surface area contributed by atoms with Crippen LogP contribution in [-0.2, 0) is 0 Å². The number of benzene rings is 1. The van der Waals surface area contributed by atoms with Crippen molar-refractivity contribution in [3.8, 4) is 6.07 Å².